The molecule has 42 heavy (non-hydrogen) atoms. The predicted molar refractivity (Wildman–Crippen MR) is 159 cm³/mol. The molecule has 3 amide bonds. The average Bonchev–Trinajstić information content (AvgIpc) is 3.73. The molecule has 0 heterocycles. The Morgan fingerprint density at radius 1 is 0.929 bits per heavy atom. The standard InChI is InChI=1S/C33H41N3O6/c1-8-23-16-12-13-17-25(23)28(36(24-18-19-24)27(37)21-34-31(40)42-33(5,6)7)29(38)35-26(30(39)41-32(2,3)4)20-22-14-10-9-11-15-22/h1,9-17,24,26,28H,18-21H2,2-7H3,(H,34,40)(H,35,38). The number of esters is 1. The zero-order valence-electron chi connectivity index (χ0n) is 25.2. The van der Waals surface area contributed by atoms with Crippen molar-refractivity contribution in [3.63, 3.8) is 0 Å². The van der Waals surface area contributed by atoms with Gasteiger partial charge in [-0.25, -0.2) is 9.59 Å². The number of amides is 3. The summed E-state index contributed by atoms with van der Waals surface area (Å²) >= 11 is 0. The van der Waals surface area contributed by atoms with Gasteiger partial charge in [0.05, 0.1) is 0 Å². The molecule has 2 aromatic rings. The van der Waals surface area contributed by atoms with Gasteiger partial charge in [0, 0.05) is 18.0 Å². The van der Waals surface area contributed by atoms with Crippen molar-refractivity contribution >= 4 is 23.9 Å². The largest absolute Gasteiger partial charge is 0.458 e. The molecule has 3 rings (SSSR count). The normalized spacial score (nSPS) is 14.5. The van der Waals surface area contributed by atoms with Gasteiger partial charge < -0.3 is 25.0 Å². The quantitative estimate of drug-likeness (QED) is 0.323. The summed E-state index contributed by atoms with van der Waals surface area (Å²) in [6.45, 7) is 10.0. The van der Waals surface area contributed by atoms with Crippen LogP contribution in [0.5, 0.6) is 0 Å². The number of nitrogens with one attached hydrogen (secondary N) is 2. The monoisotopic (exact) mass is 575 g/mol. The molecule has 2 aromatic carbocycles. The number of benzene rings is 2. The number of ether oxygens (including phenoxy) is 2. The van der Waals surface area contributed by atoms with Crippen LogP contribution in [0.3, 0.4) is 0 Å². The summed E-state index contributed by atoms with van der Waals surface area (Å²) in [5, 5.41) is 5.36. The third kappa shape index (κ3) is 9.65. The van der Waals surface area contributed by atoms with E-state index in [2.05, 4.69) is 16.6 Å². The highest BCUT2D eigenvalue weighted by Crippen LogP contribution is 2.36. The van der Waals surface area contributed by atoms with Crippen molar-refractivity contribution in [3.05, 3.63) is 71.3 Å². The van der Waals surface area contributed by atoms with Crippen LogP contribution >= 0.6 is 0 Å². The fourth-order valence-corrected chi connectivity index (χ4v) is 4.42. The second-order valence-electron chi connectivity index (χ2n) is 12.3. The molecule has 1 saturated carbocycles. The molecule has 0 aliphatic heterocycles. The maximum Gasteiger partial charge on any atom is 0.408 e. The molecule has 2 atom stereocenters. The second kappa shape index (κ2) is 13.6. The number of terminal acetylenes is 1. The Morgan fingerprint density at radius 3 is 2.10 bits per heavy atom. The van der Waals surface area contributed by atoms with Gasteiger partial charge in [0.2, 0.25) is 11.8 Å². The summed E-state index contributed by atoms with van der Waals surface area (Å²) < 4.78 is 10.9. The number of nitrogens with zero attached hydrogens (tertiary/aromatic N) is 1. The molecular weight excluding hydrogens is 534 g/mol. The van der Waals surface area contributed by atoms with Crippen molar-refractivity contribution in [2.75, 3.05) is 6.54 Å². The molecule has 0 bridgehead atoms. The van der Waals surface area contributed by atoms with E-state index in [1.807, 2.05) is 30.3 Å². The highest BCUT2D eigenvalue weighted by Gasteiger charge is 2.43. The molecular formula is C33H41N3O6. The molecule has 9 nitrogen and oxygen atoms in total. The van der Waals surface area contributed by atoms with E-state index in [1.54, 1.807) is 65.8 Å². The molecule has 1 fully saturated rings. The zero-order chi connectivity index (χ0) is 31.1. The van der Waals surface area contributed by atoms with Gasteiger partial charge >= 0.3 is 12.1 Å². The van der Waals surface area contributed by atoms with Gasteiger partial charge in [-0.05, 0) is 71.6 Å². The first-order valence-electron chi connectivity index (χ1n) is 14.1. The van der Waals surface area contributed by atoms with E-state index in [9.17, 15) is 19.2 Å². The molecule has 2 unspecified atom stereocenters. The SMILES string of the molecule is C#Cc1ccccc1C(C(=O)NC(Cc1ccccc1)C(=O)OC(C)(C)C)N(C(=O)CNC(=O)OC(C)(C)C)C1CC1. The van der Waals surface area contributed by atoms with Crippen LogP contribution in [-0.4, -0.2) is 58.6 Å². The smallest absolute Gasteiger partial charge is 0.408 e. The number of alkyl carbamates (subject to hydrolysis) is 1. The Labute approximate surface area is 248 Å². The summed E-state index contributed by atoms with van der Waals surface area (Å²) in [6.07, 6.45) is 6.60. The summed E-state index contributed by atoms with van der Waals surface area (Å²) in [5.74, 6) is 0.949. The molecule has 0 aromatic heterocycles. The molecule has 0 radical (unpaired) electrons. The molecule has 2 N–H and O–H groups in total. The van der Waals surface area contributed by atoms with Crippen LogP contribution in [0.2, 0.25) is 0 Å². The number of carbonyl (C=O) groups is 4. The van der Waals surface area contributed by atoms with Gasteiger partial charge in [-0.1, -0.05) is 54.5 Å². The first-order chi connectivity index (χ1) is 19.7. The number of hydrogen-bond acceptors (Lipinski definition) is 6. The predicted octanol–water partition coefficient (Wildman–Crippen LogP) is 4.29. The summed E-state index contributed by atoms with van der Waals surface area (Å²) in [5.41, 5.74) is 0.180. The van der Waals surface area contributed by atoms with E-state index in [0.29, 0.717) is 24.0 Å². The summed E-state index contributed by atoms with van der Waals surface area (Å²) in [6, 6.07) is 13.7. The van der Waals surface area contributed by atoms with Crippen molar-refractivity contribution < 1.29 is 28.7 Å². The second-order valence-corrected chi connectivity index (χ2v) is 12.3. The fourth-order valence-electron chi connectivity index (χ4n) is 4.42. The van der Waals surface area contributed by atoms with Crippen LogP contribution < -0.4 is 10.6 Å². The summed E-state index contributed by atoms with van der Waals surface area (Å²) in [4.78, 5) is 54.9. The number of carbonyl (C=O) groups excluding carboxylic acids is 4. The topological polar surface area (TPSA) is 114 Å². The van der Waals surface area contributed by atoms with Crippen molar-refractivity contribution in [2.24, 2.45) is 0 Å². The minimum atomic E-state index is -1.15. The van der Waals surface area contributed by atoms with Gasteiger partial charge in [0.15, 0.2) is 0 Å². The lowest BCUT2D eigenvalue weighted by molar-refractivity contribution is -0.159. The van der Waals surface area contributed by atoms with Crippen molar-refractivity contribution in [1.29, 1.82) is 0 Å². The highest BCUT2D eigenvalue weighted by atomic mass is 16.6. The maximum atomic E-state index is 14.2. The van der Waals surface area contributed by atoms with Crippen LogP contribution in [0.1, 0.15) is 77.1 Å². The fraction of sp³-hybridized carbons (Fsp3) is 0.455. The van der Waals surface area contributed by atoms with E-state index in [4.69, 9.17) is 15.9 Å². The Morgan fingerprint density at radius 2 is 1.52 bits per heavy atom. The van der Waals surface area contributed by atoms with E-state index in [-0.39, 0.29) is 19.0 Å². The lowest BCUT2D eigenvalue weighted by Crippen LogP contribution is -2.53. The third-order valence-electron chi connectivity index (χ3n) is 6.24. The lowest BCUT2D eigenvalue weighted by atomic mass is 9.97. The Bertz CT molecular complexity index is 1320. The van der Waals surface area contributed by atoms with Gasteiger partial charge in [0.1, 0.15) is 29.8 Å². The first-order valence-corrected chi connectivity index (χ1v) is 14.1. The Hall–Kier alpha value is -4.32. The van der Waals surface area contributed by atoms with E-state index in [1.165, 1.54) is 4.90 Å². The van der Waals surface area contributed by atoms with Crippen LogP contribution in [0, 0.1) is 12.3 Å². The van der Waals surface area contributed by atoms with Crippen molar-refractivity contribution in [1.82, 2.24) is 15.5 Å². The van der Waals surface area contributed by atoms with Crippen LogP contribution in [0.25, 0.3) is 0 Å². The molecule has 1 aliphatic carbocycles. The summed E-state index contributed by atoms with van der Waals surface area (Å²) in [7, 11) is 0. The van der Waals surface area contributed by atoms with E-state index in [0.717, 1.165) is 5.56 Å². The van der Waals surface area contributed by atoms with Gasteiger partial charge in [-0.15, -0.1) is 6.42 Å². The minimum absolute atomic E-state index is 0.183. The average molecular weight is 576 g/mol. The third-order valence-corrected chi connectivity index (χ3v) is 6.24. The maximum absolute atomic E-state index is 14.2. The number of hydrogen-bond donors (Lipinski definition) is 2. The molecule has 9 heteroatoms. The molecule has 1 aliphatic rings. The van der Waals surface area contributed by atoms with Crippen LogP contribution in [0.4, 0.5) is 4.79 Å². The van der Waals surface area contributed by atoms with Crippen LogP contribution in [0.15, 0.2) is 54.6 Å². The lowest BCUT2D eigenvalue weighted by Gasteiger charge is -2.33. The zero-order valence-corrected chi connectivity index (χ0v) is 25.2. The minimum Gasteiger partial charge on any atom is -0.458 e. The van der Waals surface area contributed by atoms with Crippen molar-refractivity contribution in [2.45, 2.75) is 90.1 Å². The first kappa shape index (κ1) is 32.2. The van der Waals surface area contributed by atoms with Crippen molar-refractivity contribution in [3.8, 4) is 12.3 Å². The molecule has 224 valence electrons. The molecule has 0 saturated heterocycles. The Kier molecular flexibility index (Phi) is 10.4. The van der Waals surface area contributed by atoms with Crippen LogP contribution in [-0.2, 0) is 30.3 Å². The number of rotatable bonds is 10. The van der Waals surface area contributed by atoms with Gasteiger partial charge in [0.25, 0.3) is 0 Å². The van der Waals surface area contributed by atoms with Gasteiger partial charge in [-0.3, -0.25) is 9.59 Å². The van der Waals surface area contributed by atoms with E-state index >= 15 is 0 Å². The van der Waals surface area contributed by atoms with Gasteiger partial charge in [-0.2, -0.15) is 0 Å². The van der Waals surface area contributed by atoms with E-state index < -0.39 is 47.2 Å². The highest BCUT2D eigenvalue weighted by molar-refractivity contribution is 5.93. The Balaban J connectivity index is 1.96. The molecule has 0 spiro atoms.